The second-order valence-electron chi connectivity index (χ2n) is 5.00. The molecular formula is C18H15BrClNO3. The molecule has 0 aliphatic carbocycles. The molecule has 0 aliphatic heterocycles. The number of anilines is 1. The minimum absolute atomic E-state index is 0.366. The Hall–Kier alpha value is -2.11. The molecule has 0 saturated heterocycles. The highest BCUT2D eigenvalue weighted by molar-refractivity contribution is 9.10. The molecule has 0 radical (unpaired) electrons. The molecule has 1 N–H and O–H groups in total. The molecule has 2 rings (SSSR count). The molecule has 0 aromatic heterocycles. The average Bonchev–Trinajstić information content (AvgIpc) is 2.56. The van der Waals surface area contributed by atoms with E-state index in [-0.39, 0.29) is 6.61 Å². The van der Waals surface area contributed by atoms with Gasteiger partial charge in [-0.3, -0.25) is 4.79 Å². The number of aryl methyl sites for hydroxylation is 1. The van der Waals surface area contributed by atoms with Crippen molar-refractivity contribution in [1.29, 1.82) is 0 Å². The van der Waals surface area contributed by atoms with Gasteiger partial charge >= 0.3 is 5.97 Å². The Morgan fingerprint density at radius 3 is 2.62 bits per heavy atom. The van der Waals surface area contributed by atoms with E-state index in [4.69, 9.17) is 16.3 Å². The molecule has 0 fully saturated rings. The molecule has 0 heterocycles. The van der Waals surface area contributed by atoms with Crippen LogP contribution >= 0.6 is 27.5 Å². The smallest absolute Gasteiger partial charge is 0.331 e. The predicted molar refractivity (Wildman–Crippen MR) is 99.0 cm³/mol. The lowest BCUT2D eigenvalue weighted by Crippen LogP contribution is -2.20. The summed E-state index contributed by atoms with van der Waals surface area (Å²) in [6, 6.07) is 12.6. The van der Waals surface area contributed by atoms with Crippen molar-refractivity contribution in [1.82, 2.24) is 0 Å². The van der Waals surface area contributed by atoms with E-state index in [9.17, 15) is 9.59 Å². The second-order valence-corrected chi connectivity index (χ2v) is 6.35. The van der Waals surface area contributed by atoms with Crippen LogP contribution in [0.5, 0.6) is 0 Å². The van der Waals surface area contributed by atoms with Gasteiger partial charge in [0.15, 0.2) is 6.61 Å². The van der Waals surface area contributed by atoms with E-state index in [0.29, 0.717) is 10.7 Å². The predicted octanol–water partition coefficient (Wildman–Crippen LogP) is 4.61. The quantitative estimate of drug-likeness (QED) is 0.581. The summed E-state index contributed by atoms with van der Waals surface area (Å²) < 4.78 is 5.87. The van der Waals surface area contributed by atoms with Crippen LogP contribution in [0.1, 0.15) is 11.1 Å². The fourth-order valence-corrected chi connectivity index (χ4v) is 2.27. The molecule has 2 aromatic rings. The number of halogens is 2. The van der Waals surface area contributed by atoms with Gasteiger partial charge in [0.2, 0.25) is 0 Å². The number of ether oxygens (including phenoxy) is 1. The van der Waals surface area contributed by atoms with Crippen molar-refractivity contribution in [3.8, 4) is 0 Å². The van der Waals surface area contributed by atoms with E-state index in [1.165, 1.54) is 6.08 Å². The number of hydrogen-bond acceptors (Lipinski definition) is 3. The normalized spacial score (nSPS) is 10.6. The topological polar surface area (TPSA) is 55.4 Å². The van der Waals surface area contributed by atoms with Crippen LogP contribution < -0.4 is 5.32 Å². The fourth-order valence-electron chi connectivity index (χ4n) is 1.84. The third-order valence-corrected chi connectivity index (χ3v) is 3.86. The Bertz CT molecular complexity index is 772. The summed E-state index contributed by atoms with van der Waals surface area (Å²) in [5.41, 5.74) is 2.32. The molecule has 1 amide bonds. The summed E-state index contributed by atoms with van der Waals surface area (Å²) in [6.07, 6.45) is 2.90. The van der Waals surface area contributed by atoms with E-state index < -0.39 is 11.9 Å². The first kappa shape index (κ1) is 18.2. The van der Waals surface area contributed by atoms with Crippen molar-refractivity contribution in [2.24, 2.45) is 0 Å². The summed E-state index contributed by atoms with van der Waals surface area (Å²) in [5, 5.41) is 3.18. The lowest BCUT2D eigenvalue weighted by atomic mass is 10.2. The highest BCUT2D eigenvalue weighted by Gasteiger charge is 2.08. The molecule has 0 spiro atoms. The standard InChI is InChI=1S/C18H15BrClNO3/c1-12-2-8-15(20)10-16(12)21-17(22)11-24-18(23)9-5-13-3-6-14(19)7-4-13/h2-10H,11H2,1H3,(H,21,22)/b9-5+. The van der Waals surface area contributed by atoms with Gasteiger partial charge in [-0.1, -0.05) is 45.7 Å². The number of esters is 1. The number of amides is 1. The maximum Gasteiger partial charge on any atom is 0.331 e. The molecule has 0 saturated carbocycles. The summed E-state index contributed by atoms with van der Waals surface area (Å²) >= 11 is 9.22. The molecular weight excluding hydrogens is 394 g/mol. The van der Waals surface area contributed by atoms with Crippen LogP contribution in [0.2, 0.25) is 5.02 Å². The molecule has 2 aromatic carbocycles. The van der Waals surface area contributed by atoms with Crippen LogP contribution in [-0.4, -0.2) is 18.5 Å². The molecule has 0 atom stereocenters. The Morgan fingerprint density at radius 2 is 1.92 bits per heavy atom. The van der Waals surface area contributed by atoms with Crippen LogP contribution in [0.15, 0.2) is 53.0 Å². The summed E-state index contributed by atoms with van der Waals surface area (Å²) in [4.78, 5) is 23.5. The summed E-state index contributed by atoms with van der Waals surface area (Å²) in [5.74, 6) is -1.01. The number of rotatable bonds is 5. The first-order chi connectivity index (χ1) is 11.4. The van der Waals surface area contributed by atoms with E-state index in [1.807, 2.05) is 31.2 Å². The molecule has 0 unspecified atom stereocenters. The van der Waals surface area contributed by atoms with Gasteiger partial charge in [-0.05, 0) is 48.4 Å². The highest BCUT2D eigenvalue weighted by Crippen LogP contribution is 2.20. The van der Waals surface area contributed by atoms with Crippen molar-refractivity contribution >= 4 is 51.2 Å². The molecule has 6 heteroatoms. The maximum atomic E-state index is 11.8. The van der Waals surface area contributed by atoms with Crippen LogP contribution in [0.3, 0.4) is 0 Å². The lowest BCUT2D eigenvalue weighted by molar-refractivity contribution is -0.142. The van der Waals surface area contributed by atoms with Crippen molar-refractivity contribution < 1.29 is 14.3 Å². The zero-order chi connectivity index (χ0) is 17.5. The van der Waals surface area contributed by atoms with Crippen LogP contribution in [0.25, 0.3) is 6.08 Å². The minimum atomic E-state index is -0.587. The van der Waals surface area contributed by atoms with Gasteiger partial charge in [0.05, 0.1) is 0 Å². The molecule has 24 heavy (non-hydrogen) atoms. The van der Waals surface area contributed by atoms with Crippen LogP contribution in [-0.2, 0) is 14.3 Å². The first-order valence-corrected chi connectivity index (χ1v) is 8.27. The minimum Gasteiger partial charge on any atom is -0.452 e. The van der Waals surface area contributed by atoms with Crippen molar-refractivity contribution in [3.05, 3.63) is 69.2 Å². The zero-order valence-electron chi connectivity index (χ0n) is 12.9. The number of benzene rings is 2. The maximum absolute atomic E-state index is 11.8. The third kappa shape index (κ3) is 5.83. The van der Waals surface area contributed by atoms with E-state index in [1.54, 1.807) is 24.3 Å². The highest BCUT2D eigenvalue weighted by atomic mass is 79.9. The van der Waals surface area contributed by atoms with Gasteiger partial charge < -0.3 is 10.1 Å². The number of carbonyl (C=O) groups excluding carboxylic acids is 2. The fraction of sp³-hybridized carbons (Fsp3) is 0.111. The number of hydrogen-bond donors (Lipinski definition) is 1. The van der Waals surface area contributed by atoms with E-state index in [0.717, 1.165) is 15.6 Å². The van der Waals surface area contributed by atoms with Gasteiger partial charge in [0, 0.05) is 21.3 Å². The molecule has 0 bridgehead atoms. The molecule has 0 aliphatic rings. The largest absolute Gasteiger partial charge is 0.452 e. The van der Waals surface area contributed by atoms with Gasteiger partial charge in [-0.2, -0.15) is 0 Å². The molecule has 124 valence electrons. The number of nitrogens with one attached hydrogen (secondary N) is 1. The van der Waals surface area contributed by atoms with Crippen molar-refractivity contribution in [2.75, 3.05) is 11.9 Å². The monoisotopic (exact) mass is 407 g/mol. The Balaban J connectivity index is 1.83. The Kier molecular flexibility index (Phi) is 6.58. The SMILES string of the molecule is Cc1ccc(Cl)cc1NC(=O)COC(=O)/C=C/c1ccc(Br)cc1. The average molecular weight is 409 g/mol. The van der Waals surface area contributed by atoms with Gasteiger partial charge in [-0.15, -0.1) is 0 Å². The third-order valence-electron chi connectivity index (χ3n) is 3.10. The second kappa shape index (κ2) is 8.66. The first-order valence-electron chi connectivity index (χ1n) is 7.10. The lowest BCUT2D eigenvalue weighted by Gasteiger charge is -2.08. The number of carbonyl (C=O) groups is 2. The Morgan fingerprint density at radius 1 is 1.21 bits per heavy atom. The summed E-state index contributed by atoms with van der Waals surface area (Å²) in [7, 11) is 0. The molecule has 4 nitrogen and oxygen atoms in total. The van der Waals surface area contributed by atoms with E-state index >= 15 is 0 Å². The zero-order valence-corrected chi connectivity index (χ0v) is 15.2. The Labute approximate surface area is 153 Å². The van der Waals surface area contributed by atoms with Gasteiger partial charge in [-0.25, -0.2) is 4.79 Å². The van der Waals surface area contributed by atoms with Crippen LogP contribution in [0.4, 0.5) is 5.69 Å². The van der Waals surface area contributed by atoms with Crippen molar-refractivity contribution in [2.45, 2.75) is 6.92 Å². The van der Waals surface area contributed by atoms with Gasteiger partial charge in [0.25, 0.3) is 5.91 Å². The van der Waals surface area contributed by atoms with Crippen LogP contribution in [0, 0.1) is 6.92 Å². The summed E-state index contributed by atoms with van der Waals surface area (Å²) in [6.45, 7) is 1.48. The van der Waals surface area contributed by atoms with E-state index in [2.05, 4.69) is 21.2 Å². The van der Waals surface area contributed by atoms with Crippen molar-refractivity contribution in [3.63, 3.8) is 0 Å². The van der Waals surface area contributed by atoms with Gasteiger partial charge in [0.1, 0.15) is 0 Å².